The van der Waals surface area contributed by atoms with Gasteiger partial charge in [-0.3, -0.25) is 57.5 Å². The summed E-state index contributed by atoms with van der Waals surface area (Å²) in [6, 6.07) is 93.3. The van der Waals surface area contributed by atoms with E-state index in [1.165, 1.54) is 200 Å². The fourth-order valence-electron chi connectivity index (χ4n) is 25.9. The van der Waals surface area contributed by atoms with Gasteiger partial charge in [-0.1, -0.05) is 127 Å². The van der Waals surface area contributed by atoms with Crippen molar-refractivity contribution in [1.82, 2.24) is 77.4 Å². The van der Waals surface area contributed by atoms with E-state index in [0.29, 0.717) is 0 Å². The van der Waals surface area contributed by atoms with Crippen LogP contribution in [-0.2, 0) is 51.4 Å². The van der Waals surface area contributed by atoms with Crippen LogP contribution >= 0.6 is 0 Å². The highest BCUT2D eigenvalue weighted by atomic mass is 15.1. The van der Waals surface area contributed by atoms with Crippen LogP contribution in [0.3, 0.4) is 0 Å². The molecule has 0 unspecified atom stereocenters. The smallest absolute Gasteiger partial charge is 0.165 e. The second kappa shape index (κ2) is 27.7. The summed E-state index contributed by atoms with van der Waals surface area (Å²) in [5.41, 5.74) is 63.6. The quantitative estimate of drug-likeness (QED) is 0.132. The van der Waals surface area contributed by atoms with E-state index in [0.717, 1.165) is 183 Å². The van der Waals surface area contributed by atoms with E-state index in [1.54, 1.807) is 0 Å². The SMILES string of the molecule is c1ccc2c(c1)Cc1cc3c(cc1-2)Cc1c-3ccc2nc3c4cccnc4c4cnccc4n3c12.c1ccc2c(c1)Cc1cc3c(cc1-2)Cc1c-3ccc2nc3c4ccncc4c4cnccc4n3c12.c1ccc2c(c1)Cc1cc3c(cc1-2)Cc1c-3ccc2nc3c4cnccc4c4cnccc4n3c12.c1ccc2c(c1)Cc1cc3c(cc1-2)Cc1c-3ccc2nc3c4ncccc4c4cnccc4n3c12. The molecule has 16 heteroatoms. The lowest BCUT2D eigenvalue weighted by atomic mass is 9.98. The van der Waals surface area contributed by atoms with E-state index >= 15 is 0 Å². The highest BCUT2D eigenvalue weighted by Gasteiger charge is 2.36. The van der Waals surface area contributed by atoms with Gasteiger partial charge in [0.1, 0.15) is 22.5 Å². The molecule has 16 aromatic heterocycles. The third-order valence-corrected chi connectivity index (χ3v) is 31.9. The van der Waals surface area contributed by atoms with Crippen LogP contribution in [0.25, 0.3) is 243 Å². The maximum absolute atomic E-state index is 5.14. The first kappa shape index (κ1) is 75.1. The van der Waals surface area contributed by atoms with Gasteiger partial charge >= 0.3 is 0 Å². The topological polar surface area (TPSA) is 172 Å². The van der Waals surface area contributed by atoms with Crippen LogP contribution in [0.5, 0.6) is 0 Å². The zero-order chi connectivity index (χ0) is 90.7. The third kappa shape index (κ3) is 10.3. The molecule has 0 aliphatic heterocycles. The van der Waals surface area contributed by atoms with Crippen molar-refractivity contribution < 1.29 is 0 Å². The predicted molar refractivity (Wildman–Crippen MR) is 559 cm³/mol. The number of fused-ring (bicyclic) bond motifs is 60. The molecule has 0 saturated carbocycles. The van der Waals surface area contributed by atoms with Crippen molar-refractivity contribution in [2.45, 2.75) is 51.4 Å². The maximum Gasteiger partial charge on any atom is 0.165 e. The van der Waals surface area contributed by atoms with Crippen LogP contribution in [0, 0.1) is 0 Å². The van der Waals surface area contributed by atoms with Crippen molar-refractivity contribution in [2.24, 2.45) is 0 Å². The molecule has 0 fully saturated rings. The molecule has 0 bridgehead atoms. The van der Waals surface area contributed by atoms with Crippen molar-refractivity contribution in [3.63, 3.8) is 0 Å². The Balaban J connectivity index is 0.0000000829. The second-order valence-electron chi connectivity index (χ2n) is 38.8. The standard InChI is InChI=1S/4C31H18N4/c1-2-5-20-17(4-1)12-18-13-24-19(14-23(18)20)15-25-21(24)7-8-27-30(25)35-28-9-11-32-16-26(28)29-22(31(35)34-27)6-3-10-33-29;1-2-5-20-17(4-1)12-18-13-24-19(14-23(18)20)15-25-21(24)7-8-27-30(25)35-28-9-11-32-16-26(28)22-6-3-10-33-29(22)31(35)34-27;1-2-4-20-17(3-1)11-18-12-24-19(13-23(18)20)14-25-21(24)5-6-28-30(25)35-29-8-10-33-16-27(29)26-15-32-9-7-22(26)31(35)34-28;1-2-4-20-17(3-1)11-18-12-24-19(13-23(18)20)14-25-21(24)5-6-28-30(25)35-29-8-10-33-15-26(29)22-7-9-32-16-27(22)31(35)34-28/h2*1-11,13-14,16H,12,15H2;2*1-10,12-13,15-16H,11,14H2. The number of pyridine rings is 12. The number of rotatable bonds is 0. The first-order chi connectivity index (χ1) is 69.4. The molecule has 0 atom stereocenters. The summed E-state index contributed by atoms with van der Waals surface area (Å²) in [6.07, 6.45) is 34.3. The molecule has 648 valence electrons. The van der Waals surface area contributed by atoms with Crippen molar-refractivity contribution in [1.29, 1.82) is 0 Å². The van der Waals surface area contributed by atoms with Crippen molar-refractivity contribution >= 4 is 154 Å². The summed E-state index contributed by atoms with van der Waals surface area (Å²) in [5.74, 6) is 0. The molecule has 8 aliphatic rings. The largest absolute Gasteiger partial charge is 0.291 e. The molecule has 0 saturated heterocycles. The number of nitrogens with zero attached hydrogens (tertiary/aromatic N) is 16. The molecule has 0 radical (unpaired) electrons. The average Bonchev–Trinajstić information content (AvgIpc) is 1.55. The highest BCUT2D eigenvalue weighted by Crippen LogP contribution is 2.54. The van der Waals surface area contributed by atoms with Crippen molar-refractivity contribution in [3.05, 3.63) is 431 Å². The summed E-state index contributed by atoms with van der Waals surface area (Å²) < 4.78 is 9.34. The van der Waals surface area contributed by atoms with E-state index in [9.17, 15) is 0 Å². The van der Waals surface area contributed by atoms with Crippen molar-refractivity contribution in [3.8, 4) is 89.0 Å². The van der Waals surface area contributed by atoms with E-state index < -0.39 is 0 Å². The zero-order valence-electron chi connectivity index (χ0n) is 75.1. The van der Waals surface area contributed by atoms with Gasteiger partial charge < -0.3 is 0 Å². The Bertz CT molecular complexity index is 9460. The van der Waals surface area contributed by atoms with Crippen LogP contribution in [0.4, 0.5) is 0 Å². The predicted octanol–water partition coefficient (Wildman–Crippen LogP) is 26.9. The zero-order valence-corrected chi connectivity index (χ0v) is 75.1. The minimum atomic E-state index is 0.912. The van der Waals surface area contributed by atoms with Gasteiger partial charge in [0.25, 0.3) is 0 Å². The summed E-state index contributed by atoms with van der Waals surface area (Å²) in [6.45, 7) is 0. The van der Waals surface area contributed by atoms with Crippen LogP contribution < -0.4 is 0 Å². The lowest BCUT2D eigenvalue weighted by Crippen LogP contribution is -1.95. The number of benzene rings is 12. The molecule has 16 heterocycles. The molecule has 0 N–H and O–H groups in total. The third-order valence-electron chi connectivity index (χ3n) is 31.9. The Hall–Kier alpha value is -18.3. The summed E-state index contributed by atoms with van der Waals surface area (Å²) in [7, 11) is 0. The van der Waals surface area contributed by atoms with Crippen LogP contribution in [0.2, 0.25) is 0 Å². The second-order valence-corrected chi connectivity index (χ2v) is 38.8. The Morgan fingerprint density at radius 1 is 0.171 bits per heavy atom. The summed E-state index contributed by atoms with van der Waals surface area (Å²) >= 11 is 0. The maximum atomic E-state index is 5.14. The number of imidazole rings is 4. The van der Waals surface area contributed by atoms with Gasteiger partial charge in [-0.25, -0.2) is 19.9 Å². The van der Waals surface area contributed by atoms with Crippen LogP contribution in [-0.4, -0.2) is 77.4 Å². The molecular weight excluding hydrogens is 1710 g/mol. The Morgan fingerprint density at radius 3 is 0.864 bits per heavy atom. The average molecular weight is 1790 g/mol. The Morgan fingerprint density at radius 2 is 0.457 bits per heavy atom. The minimum Gasteiger partial charge on any atom is -0.291 e. The lowest BCUT2D eigenvalue weighted by Gasteiger charge is -2.09. The van der Waals surface area contributed by atoms with Crippen LogP contribution in [0.15, 0.2) is 342 Å². The first-order valence-corrected chi connectivity index (χ1v) is 48.1. The Kier molecular flexibility index (Phi) is 14.9. The minimum absolute atomic E-state index is 0.912. The van der Waals surface area contributed by atoms with E-state index in [-0.39, 0.29) is 0 Å². The first-order valence-electron chi connectivity index (χ1n) is 48.1. The van der Waals surface area contributed by atoms with Crippen molar-refractivity contribution in [2.75, 3.05) is 0 Å². The summed E-state index contributed by atoms with van der Waals surface area (Å²) in [5, 5.41) is 10.9. The Labute approximate surface area is 796 Å². The number of hydrogen-bond donors (Lipinski definition) is 0. The monoisotopic (exact) mass is 1780 g/mol. The molecule has 0 amide bonds. The van der Waals surface area contributed by atoms with Gasteiger partial charge in [-0.2, -0.15) is 0 Å². The van der Waals surface area contributed by atoms with Gasteiger partial charge in [0.05, 0.1) is 71.7 Å². The molecular formula is C124H72N16. The van der Waals surface area contributed by atoms with Gasteiger partial charge in [-0.05, 0) is 336 Å². The summed E-state index contributed by atoms with van der Waals surface area (Å²) in [4.78, 5) is 56.5. The fourth-order valence-corrected chi connectivity index (χ4v) is 25.9. The molecule has 8 aliphatic carbocycles. The molecule has 12 aromatic carbocycles. The van der Waals surface area contributed by atoms with E-state index in [4.69, 9.17) is 29.9 Å². The highest BCUT2D eigenvalue weighted by molar-refractivity contribution is 6.18. The number of aromatic nitrogens is 16. The van der Waals surface area contributed by atoms with Gasteiger partial charge in [-0.15, -0.1) is 0 Å². The van der Waals surface area contributed by atoms with Gasteiger partial charge in [0.15, 0.2) is 5.65 Å². The molecule has 16 nitrogen and oxygen atoms in total. The molecule has 28 aromatic rings. The molecule has 0 spiro atoms. The lowest BCUT2D eigenvalue weighted by molar-refractivity contribution is 1.22. The number of hydrogen-bond acceptors (Lipinski definition) is 12. The fraction of sp³-hybridized carbons (Fsp3) is 0.0645. The molecule has 36 rings (SSSR count). The van der Waals surface area contributed by atoms with Gasteiger partial charge in [0, 0.05) is 161 Å². The normalized spacial score (nSPS) is 13.5. The van der Waals surface area contributed by atoms with E-state index in [2.05, 4.69) is 290 Å². The van der Waals surface area contributed by atoms with E-state index in [1.807, 2.05) is 98.9 Å². The van der Waals surface area contributed by atoms with Gasteiger partial charge in [0.2, 0.25) is 0 Å². The van der Waals surface area contributed by atoms with Crippen LogP contribution in [0.1, 0.15) is 89.0 Å². The molecule has 140 heavy (non-hydrogen) atoms.